The zero-order valence-electron chi connectivity index (χ0n) is 16.8. The van der Waals surface area contributed by atoms with Crippen LogP contribution in [0.15, 0.2) is 42.6 Å². The van der Waals surface area contributed by atoms with Gasteiger partial charge in [-0.15, -0.1) is 0 Å². The van der Waals surface area contributed by atoms with Gasteiger partial charge in [0, 0.05) is 33.4 Å². The molecule has 146 valence electrons. The SMILES string of the molecule is CN1CC2(CCN(Cc3cc(C#N)n(C)c3)CC2)CC(c2ccccc2)C1=O. The van der Waals surface area contributed by atoms with Crippen molar-refractivity contribution < 1.29 is 4.79 Å². The Balaban J connectivity index is 1.44. The van der Waals surface area contributed by atoms with E-state index in [1.54, 1.807) is 0 Å². The van der Waals surface area contributed by atoms with Crippen LogP contribution in [0.1, 0.15) is 42.0 Å². The average Bonchev–Trinajstić information content (AvgIpc) is 3.06. The van der Waals surface area contributed by atoms with Crippen molar-refractivity contribution in [3.8, 4) is 6.07 Å². The van der Waals surface area contributed by atoms with Crippen molar-refractivity contribution in [2.75, 3.05) is 26.7 Å². The van der Waals surface area contributed by atoms with Gasteiger partial charge in [0.05, 0.1) is 5.92 Å². The van der Waals surface area contributed by atoms with Crippen molar-refractivity contribution in [2.24, 2.45) is 12.5 Å². The molecule has 2 fully saturated rings. The number of carbonyl (C=O) groups excluding carboxylic acids is 1. The quantitative estimate of drug-likeness (QED) is 0.827. The van der Waals surface area contributed by atoms with Gasteiger partial charge in [-0.1, -0.05) is 30.3 Å². The Morgan fingerprint density at radius 3 is 2.54 bits per heavy atom. The summed E-state index contributed by atoms with van der Waals surface area (Å²) in [5.74, 6) is 0.242. The predicted octanol–water partition coefficient (Wildman–Crippen LogP) is 3.12. The fraction of sp³-hybridized carbons (Fsp3) is 0.478. The lowest BCUT2D eigenvalue weighted by Crippen LogP contribution is -2.52. The summed E-state index contributed by atoms with van der Waals surface area (Å²) < 4.78 is 1.90. The Kier molecular flexibility index (Phi) is 4.99. The second-order valence-corrected chi connectivity index (χ2v) is 8.59. The molecule has 4 rings (SSSR count). The summed E-state index contributed by atoms with van der Waals surface area (Å²) in [6.07, 6.45) is 5.25. The fourth-order valence-electron chi connectivity index (χ4n) is 5.01. The standard InChI is InChI=1S/C23H28N4O/c1-25-15-18(12-20(25)14-24)16-27-10-8-23(9-11-27)13-21(22(28)26(2)17-23)19-6-4-3-5-7-19/h3-7,12,15,21H,8-11,13,16-17H2,1-2H3. The molecule has 0 saturated carbocycles. The van der Waals surface area contributed by atoms with Gasteiger partial charge in [-0.05, 0) is 55.0 Å². The van der Waals surface area contributed by atoms with E-state index >= 15 is 0 Å². The zero-order chi connectivity index (χ0) is 19.7. The Bertz CT molecular complexity index is 887. The van der Waals surface area contributed by atoms with Crippen LogP contribution in [0.4, 0.5) is 0 Å². The minimum atomic E-state index is -0.0150. The third-order valence-corrected chi connectivity index (χ3v) is 6.59. The fourth-order valence-corrected chi connectivity index (χ4v) is 5.01. The lowest BCUT2D eigenvalue weighted by molar-refractivity contribution is -0.139. The van der Waals surface area contributed by atoms with Gasteiger partial charge in [-0.2, -0.15) is 5.26 Å². The normalized spacial score (nSPS) is 22.4. The second-order valence-electron chi connectivity index (χ2n) is 8.59. The summed E-state index contributed by atoms with van der Waals surface area (Å²) in [5, 5.41) is 9.15. The van der Waals surface area contributed by atoms with Gasteiger partial charge in [0.15, 0.2) is 0 Å². The van der Waals surface area contributed by atoms with Gasteiger partial charge in [-0.3, -0.25) is 9.69 Å². The summed E-state index contributed by atoms with van der Waals surface area (Å²) in [6.45, 7) is 3.84. The molecule has 5 heteroatoms. The molecule has 0 radical (unpaired) electrons. The number of carbonyl (C=O) groups is 1. The van der Waals surface area contributed by atoms with Crippen molar-refractivity contribution in [2.45, 2.75) is 31.7 Å². The van der Waals surface area contributed by atoms with E-state index in [9.17, 15) is 4.79 Å². The van der Waals surface area contributed by atoms with Crippen LogP contribution in [0.2, 0.25) is 0 Å². The van der Waals surface area contributed by atoms with E-state index in [1.807, 2.05) is 47.8 Å². The average molecular weight is 377 g/mol. The van der Waals surface area contributed by atoms with Crippen molar-refractivity contribution in [3.63, 3.8) is 0 Å². The summed E-state index contributed by atoms with van der Waals surface area (Å²) in [6, 6.07) is 14.5. The molecule has 28 heavy (non-hydrogen) atoms. The summed E-state index contributed by atoms with van der Waals surface area (Å²) >= 11 is 0. The number of nitriles is 1. The number of rotatable bonds is 3. The molecule has 0 aliphatic carbocycles. The molecule has 5 nitrogen and oxygen atoms in total. The molecule has 2 saturated heterocycles. The van der Waals surface area contributed by atoms with E-state index in [2.05, 4.69) is 29.3 Å². The number of amides is 1. The number of benzene rings is 1. The minimum absolute atomic E-state index is 0.0150. The van der Waals surface area contributed by atoms with Crippen LogP contribution in [-0.2, 0) is 18.4 Å². The minimum Gasteiger partial charge on any atom is -0.345 e. The molecule has 2 aliphatic rings. The summed E-state index contributed by atoms with van der Waals surface area (Å²) in [5.41, 5.74) is 3.28. The molecular formula is C23H28N4O. The number of likely N-dealkylation sites (N-methyl/N-ethyl adjacent to an activating group) is 1. The lowest BCUT2D eigenvalue weighted by Gasteiger charge is -2.49. The highest BCUT2D eigenvalue weighted by atomic mass is 16.2. The molecule has 1 aromatic carbocycles. The monoisotopic (exact) mass is 376 g/mol. The third kappa shape index (κ3) is 3.57. The second kappa shape index (κ2) is 7.44. The molecule has 2 aliphatic heterocycles. The Hall–Kier alpha value is -2.58. The molecule has 0 N–H and O–H groups in total. The molecule has 3 heterocycles. The first-order valence-corrected chi connectivity index (χ1v) is 10.1. The number of nitrogens with zero attached hydrogens (tertiary/aromatic N) is 4. The number of aromatic nitrogens is 1. The van der Waals surface area contributed by atoms with Gasteiger partial charge in [0.1, 0.15) is 11.8 Å². The van der Waals surface area contributed by atoms with E-state index in [-0.39, 0.29) is 17.2 Å². The number of hydrogen-bond acceptors (Lipinski definition) is 3. The molecular weight excluding hydrogens is 348 g/mol. The zero-order valence-corrected chi connectivity index (χ0v) is 16.8. The van der Waals surface area contributed by atoms with Gasteiger partial charge in [-0.25, -0.2) is 0 Å². The highest BCUT2D eigenvalue weighted by molar-refractivity contribution is 5.84. The highest BCUT2D eigenvalue weighted by Crippen LogP contribution is 2.45. The van der Waals surface area contributed by atoms with Crippen molar-refractivity contribution in [1.82, 2.24) is 14.4 Å². The van der Waals surface area contributed by atoms with Crippen LogP contribution < -0.4 is 0 Å². The van der Waals surface area contributed by atoms with Crippen LogP contribution in [0.25, 0.3) is 0 Å². The first-order valence-electron chi connectivity index (χ1n) is 10.1. The molecule has 0 bridgehead atoms. The van der Waals surface area contributed by atoms with Crippen LogP contribution in [0, 0.1) is 16.7 Å². The summed E-state index contributed by atoms with van der Waals surface area (Å²) in [4.78, 5) is 17.2. The van der Waals surface area contributed by atoms with Gasteiger partial charge >= 0.3 is 0 Å². The number of piperidine rings is 2. The maximum atomic E-state index is 12.8. The van der Waals surface area contributed by atoms with Gasteiger partial charge in [0.2, 0.25) is 5.91 Å². The highest BCUT2D eigenvalue weighted by Gasteiger charge is 2.44. The first-order chi connectivity index (χ1) is 13.5. The maximum Gasteiger partial charge on any atom is 0.229 e. The smallest absolute Gasteiger partial charge is 0.229 e. The third-order valence-electron chi connectivity index (χ3n) is 6.59. The molecule has 1 spiro atoms. The first kappa shape index (κ1) is 18.8. The number of likely N-dealkylation sites (tertiary alicyclic amines) is 2. The van der Waals surface area contributed by atoms with Crippen molar-refractivity contribution in [1.29, 1.82) is 5.26 Å². The largest absolute Gasteiger partial charge is 0.345 e. The lowest BCUT2D eigenvalue weighted by atomic mass is 9.67. The Morgan fingerprint density at radius 1 is 1.18 bits per heavy atom. The van der Waals surface area contributed by atoms with E-state index in [0.29, 0.717) is 5.69 Å². The van der Waals surface area contributed by atoms with Crippen LogP contribution in [-0.4, -0.2) is 47.0 Å². The molecule has 2 aromatic rings. The predicted molar refractivity (Wildman–Crippen MR) is 109 cm³/mol. The molecule has 1 unspecified atom stereocenters. The summed E-state index contributed by atoms with van der Waals surface area (Å²) in [7, 11) is 3.88. The molecule has 1 atom stereocenters. The van der Waals surface area contributed by atoms with E-state index in [0.717, 1.165) is 51.0 Å². The molecule has 1 aromatic heterocycles. The number of hydrogen-bond donors (Lipinski definition) is 0. The maximum absolute atomic E-state index is 12.8. The van der Waals surface area contributed by atoms with Crippen LogP contribution >= 0.6 is 0 Å². The topological polar surface area (TPSA) is 52.3 Å². The number of aryl methyl sites for hydroxylation is 1. The van der Waals surface area contributed by atoms with Gasteiger partial charge < -0.3 is 9.47 Å². The van der Waals surface area contributed by atoms with E-state index in [4.69, 9.17) is 5.26 Å². The molecule has 1 amide bonds. The van der Waals surface area contributed by atoms with Crippen LogP contribution in [0.5, 0.6) is 0 Å². The Morgan fingerprint density at radius 2 is 1.89 bits per heavy atom. The van der Waals surface area contributed by atoms with Crippen molar-refractivity contribution >= 4 is 5.91 Å². The Labute approximate surface area is 167 Å². The van der Waals surface area contributed by atoms with E-state index < -0.39 is 0 Å². The van der Waals surface area contributed by atoms with Crippen molar-refractivity contribution in [3.05, 3.63) is 59.4 Å². The van der Waals surface area contributed by atoms with E-state index in [1.165, 1.54) is 5.56 Å². The van der Waals surface area contributed by atoms with Gasteiger partial charge in [0.25, 0.3) is 0 Å². The van der Waals surface area contributed by atoms with Crippen LogP contribution in [0.3, 0.4) is 0 Å².